The summed E-state index contributed by atoms with van der Waals surface area (Å²) in [5, 5.41) is 11.7. The lowest BCUT2D eigenvalue weighted by molar-refractivity contribution is -0.139. The van der Waals surface area contributed by atoms with E-state index in [4.69, 9.17) is 5.11 Å². The van der Waals surface area contributed by atoms with Crippen LogP contribution in [0, 0.1) is 0 Å². The number of unbranched alkanes of at least 4 members (excludes halogenated alkanes) is 1. The van der Waals surface area contributed by atoms with Crippen LogP contribution in [0.15, 0.2) is 0 Å². The van der Waals surface area contributed by atoms with Gasteiger partial charge in [-0.05, 0) is 13.3 Å². The van der Waals surface area contributed by atoms with E-state index in [9.17, 15) is 18.0 Å². The fraction of sp³-hybridized carbons (Fsp3) is 0.846. The van der Waals surface area contributed by atoms with Crippen LogP contribution in [0.2, 0.25) is 0 Å². The molecule has 21 heavy (non-hydrogen) atoms. The first-order valence-corrected chi connectivity index (χ1v) is 9.04. The van der Waals surface area contributed by atoms with E-state index in [1.807, 2.05) is 6.92 Å². The third kappa shape index (κ3) is 5.62. The van der Waals surface area contributed by atoms with Gasteiger partial charge in [-0.1, -0.05) is 13.3 Å². The summed E-state index contributed by atoms with van der Waals surface area (Å²) in [6.45, 7) is 4.49. The minimum absolute atomic E-state index is 0.0320. The number of nitrogens with zero attached hydrogens (tertiary/aromatic N) is 1. The molecular formula is C13H24N2O5S. The molecule has 0 aromatic carbocycles. The molecule has 0 aromatic heterocycles. The molecule has 122 valence electrons. The minimum atomic E-state index is -3.23. The molecular weight excluding hydrogens is 296 g/mol. The Hall–Kier alpha value is -1.15. The Morgan fingerprint density at radius 2 is 2.10 bits per heavy atom. The quantitative estimate of drug-likeness (QED) is 0.633. The molecule has 1 aliphatic rings. The van der Waals surface area contributed by atoms with Crippen molar-refractivity contribution in [2.45, 2.75) is 45.2 Å². The van der Waals surface area contributed by atoms with E-state index in [1.165, 1.54) is 0 Å². The molecule has 0 radical (unpaired) electrons. The average molecular weight is 320 g/mol. The van der Waals surface area contributed by atoms with Crippen molar-refractivity contribution in [2.24, 2.45) is 0 Å². The Balaban J connectivity index is 2.72. The van der Waals surface area contributed by atoms with Gasteiger partial charge >= 0.3 is 5.97 Å². The van der Waals surface area contributed by atoms with E-state index in [0.29, 0.717) is 6.54 Å². The number of carbonyl (C=O) groups excluding carboxylic acids is 1. The van der Waals surface area contributed by atoms with Gasteiger partial charge in [0, 0.05) is 19.1 Å². The topological polar surface area (TPSA) is 104 Å². The number of amides is 1. The maximum atomic E-state index is 12.1. The zero-order valence-corrected chi connectivity index (χ0v) is 13.4. The summed E-state index contributed by atoms with van der Waals surface area (Å²) in [6.07, 6.45) is 1.58. The number of rotatable bonds is 7. The molecule has 2 unspecified atom stereocenters. The first-order chi connectivity index (χ1) is 9.76. The molecule has 7 nitrogen and oxygen atoms in total. The van der Waals surface area contributed by atoms with E-state index in [2.05, 4.69) is 5.32 Å². The van der Waals surface area contributed by atoms with Gasteiger partial charge in [-0.3, -0.25) is 14.5 Å². The Bertz CT molecular complexity index is 477. The molecule has 0 aromatic rings. The second-order valence-electron chi connectivity index (χ2n) is 5.42. The summed E-state index contributed by atoms with van der Waals surface area (Å²) < 4.78 is 23.3. The van der Waals surface area contributed by atoms with Gasteiger partial charge < -0.3 is 10.4 Å². The van der Waals surface area contributed by atoms with Crippen molar-refractivity contribution >= 4 is 21.7 Å². The van der Waals surface area contributed by atoms with E-state index in [0.717, 1.165) is 12.8 Å². The molecule has 0 aliphatic carbocycles. The predicted molar refractivity (Wildman–Crippen MR) is 78.8 cm³/mol. The van der Waals surface area contributed by atoms with E-state index < -0.39 is 27.9 Å². The summed E-state index contributed by atoms with van der Waals surface area (Å²) in [4.78, 5) is 24.7. The highest BCUT2D eigenvalue weighted by Crippen LogP contribution is 2.18. The fourth-order valence-corrected chi connectivity index (χ4v) is 4.02. The normalized spacial score (nSPS) is 23.4. The first-order valence-electron chi connectivity index (χ1n) is 7.22. The molecule has 1 saturated heterocycles. The zero-order valence-electron chi connectivity index (χ0n) is 12.5. The number of aliphatic carboxylic acids is 1. The SMILES string of the molecule is CCCCNC(=O)C(C)N1CCS(=O)(=O)CC1CC(=O)O. The Morgan fingerprint density at radius 1 is 1.43 bits per heavy atom. The van der Waals surface area contributed by atoms with Gasteiger partial charge in [0.1, 0.15) is 0 Å². The monoisotopic (exact) mass is 320 g/mol. The molecule has 1 rings (SSSR count). The van der Waals surface area contributed by atoms with Gasteiger partial charge in [0.25, 0.3) is 0 Å². The summed E-state index contributed by atoms with van der Waals surface area (Å²) in [5.74, 6) is -1.47. The molecule has 1 heterocycles. The highest BCUT2D eigenvalue weighted by atomic mass is 32.2. The fourth-order valence-electron chi connectivity index (χ4n) is 2.47. The third-order valence-electron chi connectivity index (χ3n) is 3.69. The van der Waals surface area contributed by atoms with Crippen LogP contribution >= 0.6 is 0 Å². The van der Waals surface area contributed by atoms with E-state index in [1.54, 1.807) is 11.8 Å². The molecule has 2 N–H and O–H groups in total. The molecule has 0 saturated carbocycles. The van der Waals surface area contributed by atoms with Crippen molar-refractivity contribution in [2.75, 3.05) is 24.6 Å². The second kappa shape index (κ2) is 7.74. The minimum Gasteiger partial charge on any atom is -0.481 e. The number of hydrogen-bond acceptors (Lipinski definition) is 5. The second-order valence-corrected chi connectivity index (χ2v) is 7.65. The van der Waals surface area contributed by atoms with Gasteiger partial charge in [-0.15, -0.1) is 0 Å². The number of sulfone groups is 1. The van der Waals surface area contributed by atoms with Crippen molar-refractivity contribution in [1.82, 2.24) is 10.2 Å². The standard InChI is InChI=1S/C13H24N2O5S/c1-3-4-5-14-13(18)10(2)15-6-7-21(19,20)9-11(15)8-12(16)17/h10-11H,3-9H2,1-2H3,(H,14,18)(H,16,17). The number of nitrogens with one attached hydrogen (secondary N) is 1. The maximum absolute atomic E-state index is 12.1. The van der Waals surface area contributed by atoms with Crippen molar-refractivity contribution in [3.8, 4) is 0 Å². The number of carboxylic acids is 1. The number of carbonyl (C=O) groups is 2. The molecule has 2 atom stereocenters. The molecule has 8 heteroatoms. The van der Waals surface area contributed by atoms with Gasteiger partial charge in [-0.2, -0.15) is 0 Å². The summed E-state index contributed by atoms with van der Waals surface area (Å²) in [5.41, 5.74) is 0. The van der Waals surface area contributed by atoms with Crippen LogP contribution in [-0.4, -0.2) is 67.0 Å². The summed E-state index contributed by atoms with van der Waals surface area (Å²) in [6, 6.07) is -1.17. The lowest BCUT2D eigenvalue weighted by Gasteiger charge is -2.38. The Kier molecular flexibility index (Phi) is 6.60. The van der Waals surface area contributed by atoms with Crippen LogP contribution in [0.3, 0.4) is 0 Å². The van der Waals surface area contributed by atoms with Crippen LogP contribution in [0.4, 0.5) is 0 Å². The van der Waals surface area contributed by atoms with Crippen LogP contribution in [0.1, 0.15) is 33.1 Å². The Labute approximate surface area is 125 Å². The van der Waals surface area contributed by atoms with Crippen LogP contribution < -0.4 is 5.32 Å². The number of carboxylic acid groups (broad SMARTS) is 1. The molecule has 0 spiro atoms. The largest absolute Gasteiger partial charge is 0.481 e. The van der Waals surface area contributed by atoms with Crippen LogP contribution in [0.25, 0.3) is 0 Å². The maximum Gasteiger partial charge on any atom is 0.304 e. The van der Waals surface area contributed by atoms with Crippen LogP contribution in [0.5, 0.6) is 0 Å². The summed E-state index contributed by atoms with van der Waals surface area (Å²) >= 11 is 0. The predicted octanol–water partition coefficient (Wildman–Crippen LogP) is -0.135. The van der Waals surface area contributed by atoms with Gasteiger partial charge in [0.2, 0.25) is 5.91 Å². The first kappa shape index (κ1) is 17.9. The van der Waals surface area contributed by atoms with Crippen LogP contribution in [-0.2, 0) is 19.4 Å². The van der Waals surface area contributed by atoms with Gasteiger partial charge in [0.15, 0.2) is 9.84 Å². The van der Waals surface area contributed by atoms with Crippen molar-refractivity contribution in [1.29, 1.82) is 0 Å². The van der Waals surface area contributed by atoms with Crippen molar-refractivity contribution in [3.63, 3.8) is 0 Å². The average Bonchev–Trinajstić information content (AvgIpc) is 2.36. The number of hydrogen-bond donors (Lipinski definition) is 2. The highest BCUT2D eigenvalue weighted by molar-refractivity contribution is 7.91. The summed E-state index contributed by atoms with van der Waals surface area (Å²) in [7, 11) is -3.23. The van der Waals surface area contributed by atoms with Gasteiger partial charge in [0.05, 0.1) is 24.0 Å². The highest BCUT2D eigenvalue weighted by Gasteiger charge is 2.37. The molecule has 0 bridgehead atoms. The third-order valence-corrected chi connectivity index (χ3v) is 5.39. The van der Waals surface area contributed by atoms with Crippen molar-refractivity contribution in [3.05, 3.63) is 0 Å². The van der Waals surface area contributed by atoms with E-state index >= 15 is 0 Å². The Morgan fingerprint density at radius 3 is 2.67 bits per heavy atom. The molecule has 1 amide bonds. The smallest absolute Gasteiger partial charge is 0.304 e. The van der Waals surface area contributed by atoms with Crippen molar-refractivity contribution < 1.29 is 23.1 Å². The molecule has 1 fully saturated rings. The molecule has 1 aliphatic heterocycles. The lowest BCUT2D eigenvalue weighted by atomic mass is 10.1. The zero-order chi connectivity index (χ0) is 16.0. The van der Waals surface area contributed by atoms with E-state index in [-0.39, 0.29) is 30.4 Å². The lowest BCUT2D eigenvalue weighted by Crippen LogP contribution is -2.57. The van der Waals surface area contributed by atoms with Gasteiger partial charge in [-0.25, -0.2) is 8.42 Å².